The lowest BCUT2D eigenvalue weighted by molar-refractivity contribution is 0.0697. The van der Waals surface area contributed by atoms with Crippen molar-refractivity contribution in [3.63, 3.8) is 0 Å². The minimum absolute atomic E-state index is 0.0568. The van der Waals surface area contributed by atoms with Crippen molar-refractivity contribution in [2.45, 2.75) is 13.3 Å². The number of rotatable bonds is 9. The molecule has 0 heterocycles. The normalized spacial score (nSPS) is 11.4. The van der Waals surface area contributed by atoms with Gasteiger partial charge in [-0.25, -0.2) is 17.9 Å². The van der Waals surface area contributed by atoms with Crippen LogP contribution in [0.15, 0.2) is 24.3 Å². The third-order valence-corrected chi connectivity index (χ3v) is 3.99. The van der Waals surface area contributed by atoms with Crippen LogP contribution in [-0.2, 0) is 21.2 Å². The Morgan fingerprint density at radius 3 is 2.50 bits per heavy atom. The number of carboxylic acid groups (broad SMARTS) is 1. The van der Waals surface area contributed by atoms with Crippen molar-refractivity contribution in [2.24, 2.45) is 0 Å². The van der Waals surface area contributed by atoms with Gasteiger partial charge in [-0.05, 0) is 31.0 Å². The fraction of sp³-hybridized carbons (Fsp3) is 0.462. The summed E-state index contributed by atoms with van der Waals surface area (Å²) in [5.41, 5.74) is 1.09. The Morgan fingerprint density at radius 1 is 1.30 bits per heavy atom. The third kappa shape index (κ3) is 6.14. The molecule has 0 saturated heterocycles. The summed E-state index contributed by atoms with van der Waals surface area (Å²) in [6.45, 7) is 2.76. The van der Waals surface area contributed by atoms with Crippen molar-refractivity contribution in [1.29, 1.82) is 0 Å². The van der Waals surface area contributed by atoms with Crippen molar-refractivity contribution < 1.29 is 23.1 Å². The first kappa shape index (κ1) is 16.6. The van der Waals surface area contributed by atoms with Gasteiger partial charge in [0.05, 0.1) is 17.9 Å². The lowest BCUT2D eigenvalue weighted by atomic mass is 10.1. The second kappa shape index (κ2) is 7.98. The molecule has 0 radical (unpaired) electrons. The molecule has 0 fully saturated rings. The van der Waals surface area contributed by atoms with Gasteiger partial charge in [0, 0.05) is 13.2 Å². The second-order valence-corrected chi connectivity index (χ2v) is 6.09. The van der Waals surface area contributed by atoms with E-state index in [0.29, 0.717) is 13.0 Å². The number of carboxylic acids is 1. The van der Waals surface area contributed by atoms with Crippen LogP contribution in [0.3, 0.4) is 0 Å². The molecule has 1 rings (SSSR count). The highest BCUT2D eigenvalue weighted by Crippen LogP contribution is 2.05. The van der Waals surface area contributed by atoms with Crippen LogP contribution in [0.5, 0.6) is 0 Å². The summed E-state index contributed by atoms with van der Waals surface area (Å²) in [5.74, 6) is -1.04. The van der Waals surface area contributed by atoms with Crippen molar-refractivity contribution in [3.8, 4) is 0 Å². The molecule has 112 valence electrons. The number of ether oxygens (including phenoxy) is 1. The summed E-state index contributed by atoms with van der Waals surface area (Å²) >= 11 is 0. The van der Waals surface area contributed by atoms with Gasteiger partial charge in [-0.1, -0.05) is 12.1 Å². The fourth-order valence-corrected chi connectivity index (χ4v) is 2.44. The molecule has 1 aromatic rings. The molecule has 0 aliphatic heterocycles. The maximum Gasteiger partial charge on any atom is 0.335 e. The molecule has 0 saturated carbocycles. The van der Waals surface area contributed by atoms with E-state index in [1.54, 1.807) is 19.1 Å². The molecule has 7 heteroatoms. The summed E-state index contributed by atoms with van der Waals surface area (Å²) in [7, 11) is -3.31. The Hall–Kier alpha value is -1.44. The number of benzene rings is 1. The van der Waals surface area contributed by atoms with E-state index >= 15 is 0 Å². The first-order valence-corrected chi connectivity index (χ1v) is 7.97. The zero-order valence-electron chi connectivity index (χ0n) is 11.3. The zero-order chi connectivity index (χ0) is 15.0. The molecule has 0 amide bonds. The lowest BCUT2D eigenvalue weighted by Gasteiger charge is -2.07. The molecule has 1 aromatic carbocycles. The number of hydrogen-bond acceptors (Lipinski definition) is 4. The van der Waals surface area contributed by atoms with Crippen LogP contribution in [0.2, 0.25) is 0 Å². The molecular formula is C13H19NO5S. The first-order chi connectivity index (χ1) is 9.44. The van der Waals surface area contributed by atoms with Gasteiger partial charge >= 0.3 is 5.97 Å². The Kier molecular flexibility index (Phi) is 6.63. The highest BCUT2D eigenvalue weighted by molar-refractivity contribution is 7.89. The Bertz CT molecular complexity index is 524. The summed E-state index contributed by atoms with van der Waals surface area (Å²) < 4.78 is 30.6. The van der Waals surface area contributed by atoms with Gasteiger partial charge in [0.15, 0.2) is 0 Å². The summed E-state index contributed by atoms with van der Waals surface area (Å²) in [6.07, 6.45) is 0.508. The number of hydrogen-bond donors (Lipinski definition) is 2. The zero-order valence-corrected chi connectivity index (χ0v) is 12.1. The quantitative estimate of drug-likeness (QED) is 0.661. The summed E-state index contributed by atoms with van der Waals surface area (Å²) in [4.78, 5) is 10.7. The Labute approximate surface area is 118 Å². The van der Waals surface area contributed by atoms with Crippen LogP contribution in [0.1, 0.15) is 22.8 Å². The molecule has 20 heavy (non-hydrogen) atoms. The van der Waals surface area contributed by atoms with Crippen molar-refractivity contribution in [3.05, 3.63) is 35.4 Å². The number of carbonyl (C=O) groups is 1. The molecule has 0 aromatic heterocycles. The Balaban J connectivity index is 2.38. The van der Waals surface area contributed by atoms with Gasteiger partial charge in [0.25, 0.3) is 0 Å². The SMILES string of the molecule is CCOCCS(=O)(=O)NCCc1ccc(C(=O)O)cc1. The van der Waals surface area contributed by atoms with Crippen molar-refractivity contribution in [1.82, 2.24) is 4.72 Å². The van der Waals surface area contributed by atoms with E-state index in [1.165, 1.54) is 12.1 Å². The summed E-state index contributed by atoms with van der Waals surface area (Å²) in [5, 5.41) is 8.76. The number of nitrogens with one attached hydrogen (secondary N) is 1. The summed E-state index contributed by atoms with van der Waals surface area (Å²) in [6, 6.07) is 6.36. The van der Waals surface area contributed by atoms with Gasteiger partial charge in [-0.3, -0.25) is 0 Å². The highest BCUT2D eigenvalue weighted by Gasteiger charge is 2.09. The van der Waals surface area contributed by atoms with E-state index in [0.717, 1.165) is 5.56 Å². The van der Waals surface area contributed by atoms with Crippen LogP contribution in [-0.4, -0.2) is 45.0 Å². The lowest BCUT2D eigenvalue weighted by Crippen LogP contribution is -2.30. The van der Waals surface area contributed by atoms with Crippen LogP contribution in [0.25, 0.3) is 0 Å². The van der Waals surface area contributed by atoms with E-state index < -0.39 is 16.0 Å². The van der Waals surface area contributed by atoms with Crippen LogP contribution in [0, 0.1) is 0 Å². The average Bonchev–Trinajstić information content (AvgIpc) is 2.39. The van der Waals surface area contributed by atoms with E-state index in [2.05, 4.69) is 4.72 Å². The van der Waals surface area contributed by atoms with Crippen LogP contribution >= 0.6 is 0 Å². The van der Waals surface area contributed by atoms with Gasteiger partial charge in [0.2, 0.25) is 10.0 Å². The largest absolute Gasteiger partial charge is 0.478 e. The Morgan fingerprint density at radius 2 is 1.95 bits per heavy atom. The molecule has 6 nitrogen and oxygen atoms in total. The van der Waals surface area contributed by atoms with E-state index in [-0.39, 0.29) is 24.5 Å². The second-order valence-electron chi connectivity index (χ2n) is 4.16. The monoisotopic (exact) mass is 301 g/mol. The topological polar surface area (TPSA) is 92.7 Å². The highest BCUT2D eigenvalue weighted by atomic mass is 32.2. The van der Waals surface area contributed by atoms with Crippen molar-refractivity contribution >= 4 is 16.0 Å². The maximum absolute atomic E-state index is 11.6. The maximum atomic E-state index is 11.6. The molecule has 0 aliphatic rings. The van der Waals surface area contributed by atoms with E-state index in [9.17, 15) is 13.2 Å². The van der Waals surface area contributed by atoms with Gasteiger partial charge in [-0.2, -0.15) is 0 Å². The minimum atomic E-state index is -3.31. The molecular weight excluding hydrogens is 282 g/mol. The molecule has 0 atom stereocenters. The van der Waals surface area contributed by atoms with Gasteiger partial charge in [0.1, 0.15) is 0 Å². The molecule has 0 aliphatic carbocycles. The molecule has 2 N–H and O–H groups in total. The third-order valence-electron chi connectivity index (χ3n) is 2.64. The molecule has 0 bridgehead atoms. The number of aromatic carboxylic acids is 1. The minimum Gasteiger partial charge on any atom is -0.478 e. The number of sulfonamides is 1. The smallest absolute Gasteiger partial charge is 0.335 e. The molecule has 0 unspecified atom stereocenters. The average molecular weight is 301 g/mol. The standard InChI is InChI=1S/C13H19NO5S/c1-2-19-9-10-20(17,18)14-8-7-11-3-5-12(6-4-11)13(15)16/h3-6,14H,2,7-10H2,1H3,(H,15,16). The van der Waals surface area contributed by atoms with Gasteiger partial charge in [-0.15, -0.1) is 0 Å². The predicted octanol–water partition coefficient (Wildman–Crippen LogP) is 0.883. The predicted molar refractivity (Wildman–Crippen MR) is 75.4 cm³/mol. The van der Waals surface area contributed by atoms with E-state index in [1.807, 2.05) is 0 Å². The van der Waals surface area contributed by atoms with E-state index in [4.69, 9.17) is 9.84 Å². The first-order valence-electron chi connectivity index (χ1n) is 6.32. The van der Waals surface area contributed by atoms with Crippen molar-refractivity contribution in [2.75, 3.05) is 25.5 Å². The van der Waals surface area contributed by atoms with Crippen LogP contribution < -0.4 is 4.72 Å². The van der Waals surface area contributed by atoms with Gasteiger partial charge < -0.3 is 9.84 Å². The van der Waals surface area contributed by atoms with Crippen LogP contribution in [0.4, 0.5) is 0 Å². The fourth-order valence-electron chi connectivity index (χ4n) is 1.55. The molecule has 0 spiro atoms.